The molecule has 1 N–H and O–H groups in total. The minimum Gasteiger partial charge on any atom is -0.484 e. The van der Waals surface area contributed by atoms with Crippen molar-refractivity contribution in [3.05, 3.63) is 60.3 Å². The quantitative estimate of drug-likeness (QED) is 0.546. The zero-order chi connectivity index (χ0) is 23.6. The number of hydrogen-bond donors (Lipinski definition) is 1. The first-order valence-electron chi connectivity index (χ1n) is 10.7. The summed E-state index contributed by atoms with van der Waals surface area (Å²) in [5.74, 6) is -3.32. The van der Waals surface area contributed by atoms with Gasteiger partial charge in [-0.25, -0.2) is 22.8 Å². The van der Waals surface area contributed by atoms with Crippen molar-refractivity contribution in [3.8, 4) is 5.75 Å². The molecule has 0 saturated heterocycles. The van der Waals surface area contributed by atoms with Gasteiger partial charge in [-0.15, -0.1) is 0 Å². The molecular formula is C22H25F2N5O3S. The van der Waals surface area contributed by atoms with Crippen molar-refractivity contribution in [2.24, 2.45) is 0 Å². The Hall–Kier alpha value is -3.08. The molecule has 1 aromatic carbocycles. The number of nitrogens with one attached hydrogen (secondary N) is 1. The number of halogens is 2. The molecule has 0 unspecified atom stereocenters. The number of anilines is 1. The molecule has 0 bridgehead atoms. The maximum Gasteiger partial charge on any atom is 0.266 e. The maximum absolute atomic E-state index is 15.0. The van der Waals surface area contributed by atoms with Gasteiger partial charge in [-0.1, -0.05) is 6.42 Å². The first kappa shape index (κ1) is 23.1. The summed E-state index contributed by atoms with van der Waals surface area (Å²) in [7, 11) is -4.41. The average molecular weight is 478 g/mol. The number of benzene rings is 1. The molecule has 1 aliphatic rings. The van der Waals surface area contributed by atoms with Gasteiger partial charge in [0.1, 0.15) is 22.6 Å². The fraction of sp³-hybridized carbons (Fsp3) is 0.409. The van der Waals surface area contributed by atoms with Crippen LogP contribution in [-0.4, -0.2) is 33.8 Å². The Kier molecular flexibility index (Phi) is 6.33. The molecule has 33 heavy (non-hydrogen) atoms. The Morgan fingerprint density at radius 2 is 2.00 bits per heavy atom. The van der Waals surface area contributed by atoms with E-state index in [1.165, 1.54) is 12.3 Å². The SMILES string of the molecule is CCn1nccc1[C@H]1CCCC[C@@]1(C)Oc1ccc(S(=O)(=O)Nc2ccncn2)c(F)c1F. The van der Waals surface area contributed by atoms with Gasteiger partial charge in [-0.2, -0.15) is 9.49 Å². The van der Waals surface area contributed by atoms with E-state index < -0.39 is 32.2 Å². The van der Waals surface area contributed by atoms with E-state index in [4.69, 9.17) is 4.74 Å². The minimum absolute atomic E-state index is 0.0600. The monoisotopic (exact) mass is 477 g/mol. The summed E-state index contributed by atoms with van der Waals surface area (Å²) in [6.45, 7) is 4.55. The van der Waals surface area contributed by atoms with Crippen LogP contribution in [0.1, 0.15) is 51.1 Å². The normalized spacial score (nSPS) is 21.0. The highest BCUT2D eigenvalue weighted by molar-refractivity contribution is 7.92. The predicted octanol–water partition coefficient (Wildman–Crippen LogP) is 4.27. The zero-order valence-corrected chi connectivity index (χ0v) is 19.1. The maximum atomic E-state index is 15.0. The van der Waals surface area contributed by atoms with Crippen LogP contribution in [0.4, 0.5) is 14.6 Å². The third-order valence-corrected chi connectivity index (χ3v) is 7.40. The van der Waals surface area contributed by atoms with Crippen molar-refractivity contribution < 1.29 is 21.9 Å². The molecule has 2 atom stereocenters. The number of sulfonamides is 1. The molecule has 3 aromatic rings. The second-order valence-corrected chi connectivity index (χ2v) is 9.83. The molecule has 0 radical (unpaired) electrons. The van der Waals surface area contributed by atoms with Gasteiger partial charge < -0.3 is 4.74 Å². The molecule has 8 nitrogen and oxygen atoms in total. The van der Waals surface area contributed by atoms with Crippen LogP contribution in [0.15, 0.2) is 47.9 Å². The minimum atomic E-state index is -4.41. The van der Waals surface area contributed by atoms with Crippen LogP contribution in [0.2, 0.25) is 0 Å². The summed E-state index contributed by atoms with van der Waals surface area (Å²) in [4.78, 5) is 6.60. The van der Waals surface area contributed by atoms with Gasteiger partial charge in [0.15, 0.2) is 11.6 Å². The molecule has 0 aliphatic heterocycles. The van der Waals surface area contributed by atoms with Crippen LogP contribution < -0.4 is 9.46 Å². The van der Waals surface area contributed by atoms with Gasteiger partial charge in [0.05, 0.1) is 0 Å². The highest BCUT2D eigenvalue weighted by Gasteiger charge is 2.42. The lowest BCUT2D eigenvalue weighted by atomic mass is 9.74. The Morgan fingerprint density at radius 1 is 1.18 bits per heavy atom. The number of aromatic nitrogens is 4. The summed E-state index contributed by atoms with van der Waals surface area (Å²) in [5, 5.41) is 4.33. The van der Waals surface area contributed by atoms with Gasteiger partial charge in [-0.05, 0) is 57.4 Å². The van der Waals surface area contributed by atoms with E-state index in [1.54, 1.807) is 6.20 Å². The molecule has 0 amide bonds. The highest BCUT2D eigenvalue weighted by atomic mass is 32.2. The molecule has 2 aromatic heterocycles. The third kappa shape index (κ3) is 4.54. The number of rotatable bonds is 7. The number of ether oxygens (including phenoxy) is 1. The average Bonchev–Trinajstić information content (AvgIpc) is 3.26. The zero-order valence-electron chi connectivity index (χ0n) is 18.3. The van der Waals surface area contributed by atoms with E-state index in [0.29, 0.717) is 13.0 Å². The summed E-state index contributed by atoms with van der Waals surface area (Å²) in [6.07, 6.45) is 7.51. The lowest BCUT2D eigenvalue weighted by Gasteiger charge is -2.41. The fourth-order valence-electron chi connectivity index (χ4n) is 4.39. The molecule has 1 aliphatic carbocycles. The Bertz CT molecular complexity index is 1240. The summed E-state index contributed by atoms with van der Waals surface area (Å²) >= 11 is 0. The van der Waals surface area contributed by atoms with Crippen molar-refractivity contribution in [2.75, 3.05) is 4.72 Å². The number of nitrogens with zero attached hydrogens (tertiary/aromatic N) is 4. The molecule has 1 saturated carbocycles. The molecule has 11 heteroatoms. The van der Waals surface area contributed by atoms with E-state index in [0.717, 1.165) is 43.4 Å². The lowest BCUT2D eigenvalue weighted by molar-refractivity contribution is 0.0189. The Balaban J connectivity index is 1.64. The first-order chi connectivity index (χ1) is 15.7. The third-order valence-electron chi connectivity index (χ3n) is 6.02. The van der Waals surface area contributed by atoms with Gasteiger partial charge in [0, 0.05) is 30.6 Å². The van der Waals surface area contributed by atoms with Gasteiger partial charge in [0.25, 0.3) is 10.0 Å². The highest BCUT2D eigenvalue weighted by Crippen LogP contribution is 2.44. The van der Waals surface area contributed by atoms with Gasteiger partial charge in [0.2, 0.25) is 5.82 Å². The van der Waals surface area contributed by atoms with Crippen molar-refractivity contribution >= 4 is 15.8 Å². The first-order valence-corrected chi connectivity index (χ1v) is 12.2. The second-order valence-electron chi connectivity index (χ2n) is 8.17. The topological polar surface area (TPSA) is 99.0 Å². The molecule has 1 fully saturated rings. The van der Waals surface area contributed by atoms with E-state index in [9.17, 15) is 12.8 Å². The van der Waals surface area contributed by atoms with Crippen LogP contribution in [-0.2, 0) is 16.6 Å². The van der Waals surface area contributed by atoms with Crippen molar-refractivity contribution in [1.29, 1.82) is 0 Å². The van der Waals surface area contributed by atoms with Gasteiger partial charge >= 0.3 is 0 Å². The van der Waals surface area contributed by atoms with Crippen LogP contribution in [0.25, 0.3) is 0 Å². The van der Waals surface area contributed by atoms with Gasteiger partial charge in [-0.3, -0.25) is 9.40 Å². The van der Waals surface area contributed by atoms with Crippen molar-refractivity contribution in [1.82, 2.24) is 19.7 Å². The van der Waals surface area contributed by atoms with Crippen molar-refractivity contribution in [2.45, 2.75) is 62.5 Å². The van der Waals surface area contributed by atoms with Crippen LogP contribution >= 0.6 is 0 Å². The number of hydrogen-bond acceptors (Lipinski definition) is 6. The van der Waals surface area contributed by atoms with E-state index in [-0.39, 0.29) is 17.5 Å². The van der Waals surface area contributed by atoms with Crippen molar-refractivity contribution in [3.63, 3.8) is 0 Å². The summed E-state index contributed by atoms with van der Waals surface area (Å²) in [5.41, 5.74) is 0.173. The van der Waals surface area contributed by atoms with Crippen LogP contribution in [0, 0.1) is 11.6 Å². The van der Waals surface area contributed by atoms with E-state index in [2.05, 4.69) is 19.8 Å². The van der Waals surface area contributed by atoms with Crippen LogP contribution in [0.3, 0.4) is 0 Å². The van der Waals surface area contributed by atoms with Crippen LogP contribution in [0.5, 0.6) is 5.75 Å². The smallest absolute Gasteiger partial charge is 0.266 e. The molecule has 0 spiro atoms. The Labute approximate surface area is 191 Å². The number of aryl methyl sites for hydroxylation is 1. The molecule has 2 heterocycles. The Morgan fingerprint density at radius 3 is 2.73 bits per heavy atom. The molecule has 176 valence electrons. The molecule has 4 rings (SSSR count). The predicted molar refractivity (Wildman–Crippen MR) is 117 cm³/mol. The summed E-state index contributed by atoms with van der Waals surface area (Å²) < 4.78 is 65.2. The second kappa shape index (κ2) is 9.05. The molecular weight excluding hydrogens is 452 g/mol. The fourth-order valence-corrected chi connectivity index (χ4v) is 5.46. The lowest BCUT2D eigenvalue weighted by Crippen LogP contribution is -2.43. The van der Waals surface area contributed by atoms with E-state index in [1.807, 2.05) is 24.6 Å². The van der Waals surface area contributed by atoms with E-state index >= 15 is 4.39 Å². The standard InChI is InChI=1S/C22H25F2N5O3S/c1-3-29-16(9-13-27-29)15-6-4-5-11-22(15,2)32-17-7-8-18(21(24)20(17)23)33(30,31)28-19-10-12-25-14-26-19/h7-10,12-15H,3-6,11H2,1-2H3,(H,25,26,28)/t15-,22-/m1/s1. The summed E-state index contributed by atoms with van der Waals surface area (Å²) in [6, 6.07) is 5.37. The largest absolute Gasteiger partial charge is 0.484 e.